The van der Waals surface area contributed by atoms with Crippen molar-refractivity contribution in [3.8, 4) is 0 Å². The number of alkyl halides is 1. The first-order chi connectivity index (χ1) is 6.97. The number of nitro benzene ring substituents is 1. The number of carbonyl (C=O) groups excluding carboxylic acids is 1. The van der Waals surface area contributed by atoms with Gasteiger partial charge in [0.25, 0.3) is 5.69 Å². The van der Waals surface area contributed by atoms with Gasteiger partial charge in [0.15, 0.2) is 5.78 Å². The minimum atomic E-state index is -0.656. The Bertz CT molecular complexity index is 436. The summed E-state index contributed by atoms with van der Waals surface area (Å²) < 4.78 is 0. The van der Waals surface area contributed by atoms with Crippen molar-refractivity contribution in [3.63, 3.8) is 0 Å². The number of nitro groups is 1. The molecule has 0 fully saturated rings. The predicted molar refractivity (Wildman–Crippen MR) is 60.6 cm³/mol. The van der Waals surface area contributed by atoms with Gasteiger partial charge in [0, 0.05) is 11.6 Å². The van der Waals surface area contributed by atoms with E-state index in [1.807, 2.05) is 0 Å². The zero-order chi connectivity index (χ0) is 11.6. The van der Waals surface area contributed by atoms with Gasteiger partial charge in [0.2, 0.25) is 0 Å². The van der Waals surface area contributed by atoms with Crippen LogP contribution in [0.15, 0.2) is 12.1 Å². The lowest BCUT2D eigenvalue weighted by Crippen LogP contribution is -2.04. The Balaban J connectivity index is 3.36. The number of nitrogen functional groups attached to an aromatic ring is 1. The van der Waals surface area contributed by atoms with E-state index in [-0.39, 0.29) is 33.1 Å². The third-order valence-electron chi connectivity index (χ3n) is 1.73. The molecular weight excluding hydrogens is 287 g/mol. The highest BCUT2D eigenvalue weighted by atomic mass is 79.9. The van der Waals surface area contributed by atoms with E-state index in [0.29, 0.717) is 0 Å². The van der Waals surface area contributed by atoms with Crippen molar-refractivity contribution in [2.75, 3.05) is 11.1 Å². The van der Waals surface area contributed by atoms with Crippen LogP contribution in [0.4, 0.5) is 11.4 Å². The number of benzene rings is 1. The predicted octanol–water partition coefficient (Wildman–Crippen LogP) is 2.41. The van der Waals surface area contributed by atoms with Gasteiger partial charge in [0.1, 0.15) is 5.69 Å². The highest BCUT2D eigenvalue weighted by Crippen LogP contribution is 2.29. The zero-order valence-corrected chi connectivity index (χ0v) is 9.71. The van der Waals surface area contributed by atoms with Gasteiger partial charge in [-0.15, -0.1) is 0 Å². The van der Waals surface area contributed by atoms with E-state index in [4.69, 9.17) is 17.3 Å². The number of nitrogens with two attached hydrogens (primary N) is 1. The van der Waals surface area contributed by atoms with E-state index in [1.165, 1.54) is 6.07 Å². The summed E-state index contributed by atoms with van der Waals surface area (Å²) in [7, 11) is 0. The summed E-state index contributed by atoms with van der Waals surface area (Å²) >= 11 is 8.69. The molecule has 0 aliphatic rings. The molecule has 0 atom stereocenters. The van der Waals surface area contributed by atoms with Gasteiger partial charge < -0.3 is 5.73 Å². The summed E-state index contributed by atoms with van der Waals surface area (Å²) in [5, 5.41) is 10.7. The molecule has 0 aromatic heterocycles. The van der Waals surface area contributed by atoms with Crippen LogP contribution in [0.2, 0.25) is 5.02 Å². The van der Waals surface area contributed by atoms with E-state index in [0.717, 1.165) is 6.07 Å². The number of ketones is 1. The summed E-state index contributed by atoms with van der Waals surface area (Å²) in [6.45, 7) is 0. The highest BCUT2D eigenvalue weighted by Gasteiger charge is 2.18. The molecule has 80 valence electrons. The van der Waals surface area contributed by atoms with Crippen molar-refractivity contribution in [1.82, 2.24) is 0 Å². The number of Topliss-reactive ketones (excluding diaryl/α,β-unsaturated/α-hetero) is 1. The minimum Gasteiger partial charge on any atom is -0.393 e. The van der Waals surface area contributed by atoms with Crippen molar-refractivity contribution in [3.05, 3.63) is 32.8 Å². The van der Waals surface area contributed by atoms with Crippen LogP contribution in [0.3, 0.4) is 0 Å². The lowest BCUT2D eigenvalue weighted by Gasteiger charge is -2.03. The number of hydrogen-bond acceptors (Lipinski definition) is 4. The maximum atomic E-state index is 11.3. The van der Waals surface area contributed by atoms with Crippen molar-refractivity contribution < 1.29 is 9.72 Å². The average molecular weight is 294 g/mol. The molecule has 1 rings (SSSR count). The fraction of sp³-hybridized carbons (Fsp3) is 0.125. The van der Waals surface area contributed by atoms with E-state index < -0.39 is 4.92 Å². The minimum absolute atomic E-state index is 0.0494. The SMILES string of the molecule is Nc1cc(Cl)c(C(=O)CBr)cc1[N+](=O)[O-]. The first-order valence-corrected chi connectivity index (χ1v) is 5.30. The van der Waals surface area contributed by atoms with E-state index in [1.54, 1.807) is 0 Å². The van der Waals surface area contributed by atoms with Crippen LogP contribution in [-0.4, -0.2) is 16.0 Å². The third-order valence-corrected chi connectivity index (χ3v) is 2.56. The molecule has 0 aliphatic carbocycles. The fourth-order valence-corrected chi connectivity index (χ4v) is 1.60. The molecule has 7 heteroatoms. The molecule has 5 nitrogen and oxygen atoms in total. The molecule has 0 bridgehead atoms. The molecule has 0 aliphatic heterocycles. The number of rotatable bonds is 3. The Morgan fingerprint density at radius 2 is 2.20 bits per heavy atom. The van der Waals surface area contributed by atoms with Gasteiger partial charge in [-0.1, -0.05) is 27.5 Å². The maximum absolute atomic E-state index is 11.3. The molecule has 0 spiro atoms. The second kappa shape index (κ2) is 4.59. The van der Waals surface area contributed by atoms with Crippen LogP contribution in [0, 0.1) is 10.1 Å². The lowest BCUT2D eigenvalue weighted by atomic mass is 10.1. The van der Waals surface area contributed by atoms with Gasteiger partial charge in [-0.3, -0.25) is 14.9 Å². The van der Waals surface area contributed by atoms with Gasteiger partial charge in [0.05, 0.1) is 15.3 Å². The van der Waals surface area contributed by atoms with Crippen LogP contribution >= 0.6 is 27.5 Å². The number of hydrogen-bond donors (Lipinski definition) is 1. The van der Waals surface area contributed by atoms with Crippen LogP contribution in [0.5, 0.6) is 0 Å². The Morgan fingerprint density at radius 1 is 1.60 bits per heavy atom. The third kappa shape index (κ3) is 2.45. The first-order valence-electron chi connectivity index (χ1n) is 3.80. The topological polar surface area (TPSA) is 86.2 Å². The Kier molecular flexibility index (Phi) is 3.65. The standard InChI is InChI=1S/C8H6BrClN2O3/c9-3-8(13)4-1-7(12(14)15)6(11)2-5(4)10/h1-2H,3,11H2. The summed E-state index contributed by atoms with van der Waals surface area (Å²) in [4.78, 5) is 21.2. The van der Waals surface area contributed by atoms with Gasteiger partial charge in [-0.05, 0) is 6.07 Å². The van der Waals surface area contributed by atoms with Crippen LogP contribution in [0.25, 0.3) is 0 Å². The Hall–Kier alpha value is -1.14. The largest absolute Gasteiger partial charge is 0.393 e. The summed E-state index contributed by atoms with van der Waals surface area (Å²) in [6, 6.07) is 2.29. The van der Waals surface area contributed by atoms with E-state index >= 15 is 0 Å². The van der Waals surface area contributed by atoms with Crippen molar-refractivity contribution >= 4 is 44.7 Å². The average Bonchev–Trinajstić information content (AvgIpc) is 2.16. The normalized spacial score (nSPS) is 10.0. The van der Waals surface area contributed by atoms with Crippen LogP contribution in [-0.2, 0) is 0 Å². The molecule has 0 amide bonds. The van der Waals surface area contributed by atoms with Crippen molar-refractivity contribution in [2.45, 2.75) is 0 Å². The molecule has 15 heavy (non-hydrogen) atoms. The fourth-order valence-electron chi connectivity index (χ4n) is 1.02. The highest BCUT2D eigenvalue weighted by molar-refractivity contribution is 9.09. The lowest BCUT2D eigenvalue weighted by molar-refractivity contribution is -0.383. The second-order valence-corrected chi connectivity index (χ2v) is 3.67. The maximum Gasteiger partial charge on any atom is 0.292 e. The van der Waals surface area contributed by atoms with Crippen molar-refractivity contribution in [1.29, 1.82) is 0 Å². The van der Waals surface area contributed by atoms with Gasteiger partial charge in [-0.25, -0.2) is 0 Å². The molecule has 1 aromatic carbocycles. The smallest absolute Gasteiger partial charge is 0.292 e. The Labute approximate surface area is 98.5 Å². The van der Waals surface area contributed by atoms with E-state index in [2.05, 4.69) is 15.9 Å². The van der Waals surface area contributed by atoms with E-state index in [9.17, 15) is 14.9 Å². The number of nitrogens with zero attached hydrogens (tertiary/aromatic N) is 1. The monoisotopic (exact) mass is 292 g/mol. The summed E-state index contributed by atoms with van der Waals surface area (Å²) in [6.07, 6.45) is 0. The summed E-state index contributed by atoms with van der Waals surface area (Å²) in [5.74, 6) is -0.330. The first kappa shape index (κ1) is 11.9. The molecule has 0 heterocycles. The Morgan fingerprint density at radius 3 is 2.67 bits per heavy atom. The summed E-state index contributed by atoms with van der Waals surface area (Å²) in [5.41, 5.74) is 5.10. The van der Waals surface area contributed by atoms with Gasteiger partial charge >= 0.3 is 0 Å². The zero-order valence-electron chi connectivity index (χ0n) is 7.37. The molecule has 1 aromatic rings. The number of anilines is 1. The number of halogens is 2. The van der Waals surface area contributed by atoms with Crippen molar-refractivity contribution in [2.24, 2.45) is 0 Å². The van der Waals surface area contributed by atoms with Gasteiger partial charge in [-0.2, -0.15) is 0 Å². The molecular formula is C8H6BrClN2O3. The quantitative estimate of drug-likeness (QED) is 0.305. The molecule has 0 unspecified atom stereocenters. The number of carbonyl (C=O) groups is 1. The second-order valence-electron chi connectivity index (χ2n) is 2.70. The molecule has 0 radical (unpaired) electrons. The van der Waals surface area contributed by atoms with Crippen LogP contribution < -0.4 is 5.73 Å². The molecule has 0 saturated heterocycles. The van der Waals surface area contributed by atoms with Crippen LogP contribution in [0.1, 0.15) is 10.4 Å². The molecule has 2 N–H and O–H groups in total. The molecule has 0 saturated carbocycles.